The summed E-state index contributed by atoms with van der Waals surface area (Å²) in [5.41, 5.74) is 4.18. The molecule has 0 N–H and O–H groups in total. The Kier molecular flexibility index (Phi) is 5.22. The fourth-order valence-corrected chi connectivity index (χ4v) is 3.99. The van der Waals surface area contributed by atoms with Crippen LogP contribution in [-0.2, 0) is 25.7 Å². The highest BCUT2D eigenvalue weighted by Gasteiger charge is 2.30. The highest BCUT2D eigenvalue weighted by molar-refractivity contribution is 5.54. The second-order valence-electron chi connectivity index (χ2n) is 7.78. The van der Waals surface area contributed by atoms with Gasteiger partial charge in [-0.25, -0.2) is 9.97 Å². The van der Waals surface area contributed by atoms with E-state index in [1.807, 2.05) is 41.2 Å². The maximum atomic E-state index is 12.9. The molecular formula is C24H20F3N5. The van der Waals surface area contributed by atoms with Crippen molar-refractivity contribution in [2.24, 2.45) is 0 Å². The maximum absolute atomic E-state index is 12.9. The van der Waals surface area contributed by atoms with Crippen LogP contribution in [0.2, 0.25) is 0 Å². The van der Waals surface area contributed by atoms with Crippen molar-refractivity contribution < 1.29 is 13.2 Å². The van der Waals surface area contributed by atoms with Crippen LogP contribution in [0, 0.1) is 0 Å². The van der Waals surface area contributed by atoms with Gasteiger partial charge in [-0.15, -0.1) is 0 Å². The fraction of sp³-hybridized carbons (Fsp3) is 0.208. The Morgan fingerprint density at radius 2 is 1.75 bits per heavy atom. The lowest BCUT2D eigenvalue weighted by Gasteiger charge is -2.28. The molecule has 0 unspecified atom stereocenters. The predicted molar refractivity (Wildman–Crippen MR) is 114 cm³/mol. The van der Waals surface area contributed by atoms with E-state index in [-0.39, 0.29) is 0 Å². The zero-order valence-electron chi connectivity index (χ0n) is 17.1. The highest BCUT2D eigenvalue weighted by Crippen LogP contribution is 2.30. The monoisotopic (exact) mass is 435 g/mol. The van der Waals surface area contributed by atoms with Crippen LogP contribution in [0.1, 0.15) is 22.5 Å². The Bertz CT molecular complexity index is 1220. The molecule has 3 aromatic heterocycles. The SMILES string of the molecule is FC(F)(F)c1ccc(-n2cccc2CN2CCc3nc(-c4ccncc4)ncc3C2)cc1. The van der Waals surface area contributed by atoms with Crippen molar-refractivity contribution in [3.8, 4) is 17.1 Å². The van der Waals surface area contributed by atoms with E-state index in [1.165, 1.54) is 12.1 Å². The van der Waals surface area contributed by atoms with Crippen LogP contribution in [0.15, 0.2) is 73.3 Å². The summed E-state index contributed by atoms with van der Waals surface area (Å²) in [5, 5.41) is 0. The van der Waals surface area contributed by atoms with Gasteiger partial charge in [-0.3, -0.25) is 9.88 Å². The lowest BCUT2D eigenvalue weighted by molar-refractivity contribution is -0.137. The molecular weight excluding hydrogens is 415 g/mol. The van der Waals surface area contributed by atoms with E-state index in [2.05, 4.69) is 14.9 Å². The zero-order chi connectivity index (χ0) is 22.1. The van der Waals surface area contributed by atoms with E-state index in [1.54, 1.807) is 12.4 Å². The van der Waals surface area contributed by atoms with Crippen molar-refractivity contribution in [3.63, 3.8) is 0 Å². The number of hydrogen-bond acceptors (Lipinski definition) is 4. The minimum Gasteiger partial charge on any atom is -0.320 e. The number of halogens is 3. The van der Waals surface area contributed by atoms with Crippen molar-refractivity contribution in [3.05, 3.63) is 95.8 Å². The number of benzene rings is 1. The van der Waals surface area contributed by atoms with Crippen molar-refractivity contribution in [1.82, 2.24) is 24.4 Å². The molecule has 0 aliphatic carbocycles. The van der Waals surface area contributed by atoms with Gasteiger partial charge in [0.1, 0.15) is 0 Å². The number of hydrogen-bond donors (Lipinski definition) is 0. The molecule has 0 spiro atoms. The van der Waals surface area contributed by atoms with E-state index >= 15 is 0 Å². The Hall–Kier alpha value is -3.52. The van der Waals surface area contributed by atoms with Crippen LogP contribution in [0.5, 0.6) is 0 Å². The maximum Gasteiger partial charge on any atom is 0.416 e. The number of aromatic nitrogens is 4. The molecule has 162 valence electrons. The summed E-state index contributed by atoms with van der Waals surface area (Å²) in [6, 6.07) is 12.9. The first-order chi connectivity index (χ1) is 15.5. The second kappa shape index (κ2) is 8.20. The molecule has 0 fully saturated rings. The van der Waals surface area contributed by atoms with E-state index in [9.17, 15) is 13.2 Å². The Morgan fingerprint density at radius 3 is 2.50 bits per heavy atom. The summed E-state index contributed by atoms with van der Waals surface area (Å²) >= 11 is 0. The highest BCUT2D eigenvalue weighted by atomic mass is 19.4. The molecule has 0 amide bonds. The molecule has 32 heavy (non-hydrogen) atoms. The minimum atomic E-state index is -4.33. The number of pyridine rings is 1. The summed E-state index contributed by atoms with van der Waals surface area (Å²) in [7, 11) is 0. The van der Waals surface area contributed by atoms with Crippen LogP contribution in [0.25, 0.3) is 17.1 Å². The predicted octanol–water partition coefficient (Wildman–Crippen LogP) is 4.91. The summed E-state index contributed by atoms with van der Waals surface area (Å²) in [6.07, 6.45) is 3.70. The average molecular weight is 435 g/mol. The summed E-state index contributed by atoms with van der Waals surface area (Å²) in [4.78, 5) is 15.6. The molecule has 1 aromatic carbocycles. The van der Waals surface area contributed by atoms with Crippen LogP contribution in [0.4, 0.5) is 13.2 Å². The first-order valence-electron chi connectivity index (χ1n) is 10.3. The quantitative estimate of drug-likeness (QED) is 0.457. The second-order valence-corrected chi connectivity index (χ2v) is 7.78. The van der Waals surface area contributed by atoms with Crippen LogP contribution in [0.3, 0.4) is 0 Å². The van der Waals surface area contributed by atoms with E-state index in [0.29, 0.717) is 18.1 Å². The molecule has 4 aromatic rings. The van der Waals surface area contributed by atoms with Gasteiger partial charge in [0.2, 0.25) is 0 Å². The van der Waals surface area contributed by atoms with Gasteiger partial charge in [0.25, 0.3) is 0 Å². The van der Waals surface area contributed by atoms with Crippen LogP contribution in [-0.4, -0.2) is 31.0 Å². The van der Waals surface area contributed by atoms with Crippen molar-refractivity contribution in [2.45, 2.75) is 25.7 Å². The van der Waals surface area contributed by atoms with Gasteiger partial charge >= 0.3 is 6.18 Å². The van der Waals surface area contributed by atoms with Crippen molar-refractivity contribution in [1.29, 1.82) is 0 Å². The van der Waals surface area contributed by atoms with E-state index in [0.717, 1.165) is 54.2 Å². The number of fused-ring (bicyclic) bond motifs is 1. The Morgan fingerprint density at radius 1 is 0.969 bits per heavy atom. The van der Waals surface area contributed by atoms with E-state index in [4.69, 9.17) is 4.98 Å². The number of rotatable bonds is 4. The Labute approximate surface area is 183 Å². The third-order valence-corrected chi connectivity index (χ3v) is 5.64. The Balaban J connectivity index is 1.32. The van der Waals surface area contributed by atoms with Crippen LogP contribution < -0.4 is 0 Å². The zero-order valence-corrected chi connectivity index (χ0v) is 17.1. The molecule has 0 saturated heterocycles. The molecule has 0 radical (unpaired) electrons. The fourth-order valence-electron chi connectivity index (χ4n) is 3.99. The van der Waals surface area contributed by atoms with Gasteiger partial charge < -0.3 is 4.57 Å². The molecule has 4 heterocycles. The molecule has 8 heteroatoms. The molecule has 0 atom stereocenters. The number of nitrogens with zero attached hydrogens (tertiary/aromatic N) is 5. The van der Waals surface area contributed by atoms with Gasteiger partial charge in [0.05, 0.1) is 11.3 Å². The van der Waals surface area contributed by atoms with Gasteiger partial charge in [0, 0.05) is 73.4 Å². The number of alkyl halides is 3. The summed E-state index contributed by atoms with van der Waals surface area (Å²) in [6.45, 7) is 2.25. The standard InChI is InChI=1S/C24H20F3N5/c25-24(26,27)19-3-5-20(6-4-19)32-12-1-2-21(32)16-31-13-9-22-18(15-31)14-29-23(30-22)17-7-10-28-11-8-17/h1-8,10-12,14H,9,13,15-16H2. The lowest BCUT2D eigenvalue weighted by atomic mass is 10.1. The first kappa shape index (κ1) is 20.4. The van der Waals surface area contributed by atoms with Gasteiger partial charge in [0.15, 0.2) is 5.82 Å². The summed E-state index contributed by atoms with van der Waals surface area (Å²) in [5.74, 6) is 0.704. The summed E-state index contributed by atoms with van der Waals surface area (Å²) < 4.78 is 40.5. The third kappa shape index (κ3) is 4.13. The van der Waals surface area contributed by atoms with E-state index < -0.39 is 11.7 Å². The van der Waals surface area contributed by atoms with Crippen molar-refractivity contribution >= 4 is 0 Å². The average Bonchev–Trinajstić information content (AvgIpc) is 3.27. The molecule has 1 aliphatic rings. The molecule has 0 saturated carbocycles. The molecule has 5 rings (SSSR count). The van der Waals surface area contributed by atoms with Gasteiger partial charge in [-0.1, -0.05) is 0 Å². The largest absolute Gasteiger partial charge is 0.416 e. The van der Waals surface area contributed by atoms with Gasteiger partial charge in [-0.2, -0.15) is 13.2 Å². The normalized spacial score (nSPS) is 14.3. The topological polar surface area (TPSA) is 46.8 Å². The lowest BCUT2D eigenvalue weighted by Crippen LogP contribution is -2.31. The van der Waals surface area contributed by atoms with Crippen molar-refractivity contribution in [2.75, 3.05) is 6.54 Å². The van der Waals surface area contributed by atoms with Gasteiger partial charge in [-0.05, 0) is 48.5 Å². The molecule has 5 nitrogen and oxygen atoms in total. The smallest absolute Gasteiger partial charge is 0.320 e. The first-order valence-corrected chi connectivity index (χ1v) is 10.3. The third-order valence-electron chi connectivity index (χ3n) is 5.64. The molecule has 0 bridgehead atoms. The van der Waals surface area contributed by atoms with Crippen LogP contribution >= 0.6 is 0 Å². The minimum absolute atomic E-state index is 0.645. The molecule has 1 aliphatic heterocycles.